The Kier molecular flexibility index (Phi) is 9.45. The summed E-state index contributed by atoms with van der Waals surface area (Å²) in [6.45, 7) is 0.949. The van der Waals surface area contributed by atoms with E-state index >= 15 is 0 Å². The normalized spacial score (nSPS) is 17.1. The summed E-state index contributed by atoms with van der Waals surface area (Å²) >= 11 is 13.7. The molecule has 8 N–H and O–H groups in total. The monoisotopic (exact) mass is 802 g/mol. The number of aromatic nitrogens is 4. The number of fused-ring (bicyclic) bond motifs is 4. The maximum absolute atomic E-state index is 15.0. The molecule has 10 rings (SSSR count). The summed E-state index contributed by atoms with van der Waals surface area (Å²) in [6, 6.07) is 31.1. The number of Topliss-reactive ketones (excluding diaryl/α,β-unsaturated/α-hetero) is 1. The van der Waals surface area contributed by atoms with Crippen molar-refractivity contribution in [3.8, 4) is 22.5 Å². The fraction of sp³-hybridized carbons (Fsp3) is 0.170. The SMILES string of the molecule is NC(Cc1ccncc1)c1ccc2[nH]c(-c3ccc(Cl)c4c3C(C(=O)C3NCc5c(Cl)ccc(-c6cc7cc(C(N)Cc8ccncc8)ccc7[nH]6)c53)NC4)cc2c1. The van der Waals surface area contributed by atoms with Crippen LogP contribution in [0.25, 0.3) is 44.3 Å². The largest absolute Gasteiger partial charge is 0.355 e. The van der Waals surface area contributed by atoms with Crippen molar-refractivity contribution in [3.63, 3.8) is 0 Å². The molecule has 6 heterocycles. The fourth-order valence-corrected chi connectivity index (χ4v) is 9.33. The average molecular weight is 804 g/mol. The van der Waals surface area contributed by atoms with Gasteiger partial charge in [0.1, 0.15) is 0 Å². The number of nitrogens with zero attached hydrogens (tertiary/aromatic N) is 2. The highest BCUT2D eigenvalue weighted by molar-refractivity contribution is 6.32. The summed E-state index contributed by atoms with van der Waals surface area (Å²) < 4.78 is 0. The Morgan fingerprint density at radius 2 is 1.03 bits per heavy atom. The van der Waals surface area contributed by atoms with Crippen LogP contribution in [0.4, 0.5) is 0 Å². The van der Waals surface area contributed by atoms with E-state index in [1.807, 2.05) is 48.5 Å². The minimum Gasteiger partial charge on any atom is -0.355 e. The maximum atomic E-state index is 15.0. The Labute approximate surface area is 345 Å². The van der Waals surface area contributed by atoms with E-state index in [1.54, 1.807) is 24.8 Å². The van der Waals surface area contributed by atoms with Crippen LogP contribution in [-0.2, 0) is 30.7 Å². The predicted octanol–water partition coefficient (Wildman–Crippen LogP) is 9.12. The van der Waals surface area contributed by atoms with Gasteiger partial charge in [0.05, 0.1) is 12.1 Å². The molecular formula is C47H40Cl2N8O. The van der Waals surface area contributed by atoms with Gasteiger partial charge in [-0.05, 0) is 130 Å². The summed E-state index contributed by atoms with van der Waals surface area (Å²) in [7, 11) is 0. The van der Waals surface area contributed by atoms with Crippen LogP contribution in [0.5, 0.6) is 0 Å². The standard InChI is InChI=1S/C47H40Cl2N8O/c48-35-5-3-31(41-21-29-19-27(1-7-39(29)56-41)37(50)17-25-9-13-52-14-10-25)43-33(35)23-54-45(43)47(58)46-44-32(4-6-36(49)34(44)24-55-46)42-22-30-20-28(2-8-40(30)57-42)38(51)18-26-11-15-53-16-12-26/h1-16,19-22,37-38,45-46,54-57H,17-18,23-24,50-51H2. The van der Waals surface area contributed by atoms with Gasteiger partial charge < -0.3 is 21.4 Å². The van der Waals surface area contributed by atoms with Gasteiger partial charge in [-0.25, -0.2) is 0 Å². The minimum atomic E-state index is -0.609. The van der Waals surface area contributed by atoms with Gasteiger partial charge in [-0.1, -0.05) is 47.5 Å². The number of carbonyl (C=O) groups is 1. The Hall–Kier alpha value is -5.65. The van der Waals surface area contributed by atoms with Crippen molar-refractivity contribution >= 4 is 50.8 Å². The Morgan fingerprint density at radius 3 is 1.47 bits per heavy atom. The molecule has 288 valence electrons. The number of aromatic amines is 2. The maximum Gasteiger partial charge on any atom is 0.175 e. The second kappa shape index (κ2) is 14.9. The van der Waals surface area contributed by atoms with Crippen LogP contribution in [0.3, 0.4) is 0 Å². The average Bonchev–Trinajstić information content (AvgIpc) is 4.06. The molecule has 0 bridgehead atoms. The van der Waals surface area contributed by atoms with Gasteiger partial charge in [-0.2, -0.15) is 0 Å². The van der Waals surface area contributed by atoms with Crippen molar-refractivity contribution in [2.24, 2.45) is 11.5 Å². The third-order valence-corrected chi connectivity index (χ3v) is 12.6. The lowest BCUT2D eigenvalue weighted by Gasteiger charge is -2.21. The van der Waals surface area contributed by atoms with E-state index in [2.05, 4.69) is 79.1 Å². The summed E-state index contributed by atoms with van der Waals surface area (Å²) in [5, 5.41) is 10.4. The first kappa shape index (κ1) is 36.7. The Balaban J connectivity index is 0.966. The smallest absolute Gasteiger partial charge is 0.175 e. The summed E-state index contributed by atoms with van der Waals surface area (Å²) in [6.07, 6.45) is 8.58. The molecule has 0 amide bonds. The number of hydrogen-bond acceptors (Lipinski definition) is 7. The van der Waals surface area contributed by atoms with Gasteiger partial charge in [0, 0.05) is 104 Å². The first-order valence-corrected chi connectivity index (χ1v) is 20.2. The second-order valence-electron chi connectivity index (χ2n) is 15.4. The van der Waals surface area contributed by atoms with Gasteiger partial charge in [-0.3, -0.25) is 25.4 Å². The number of rotatable bonds is 10. The summed E-state index contributed by atoms with van der Waals surface area (Å²) in [5.41, 5.74) is 27.0. The molecule has 0 saturated heterocycles. The minimum absolute atomic E-state index is 0.00509. The van der Waals surface area contributed by atoms with Crippen LogP contribution in [-0.4, -0.2) is 25.7 Å². The lowest BCUT2D eigenvalue weighted by atomic mass is 9.87. The van der Waals surface area contributed by atoms with Crippen LogP contribution in [0, 0.1) is 0 Å². The molecule has 0 spiro atoms. The molecule has 2 aliphatic rings. The molecule has 4 atom stereocenters. The zero-order valence-electron chi connectivity index (χ0n) is 31.4. The van der Waals surface area contributed by atoms with Crippen molar-refractivity contribution in [1.82, 2.24) is 30.6 Å². The number of nitrogens with one attached hydrogen (secondary N) is 4. The molecule has 2 aliphatic heterocycles. The highest BCUT2D eigenvalue weighted by atomic mass is 35.5. The molecule has 0 fully saturated rings. The third kappa shape index (κ3) is 6.60. The number of hydrogen-bond donors (Lipinski definition) is 6. The quantitative estimate of drug-likeness (QED) is 0.0808. The number of H-pyrrole nitrogens is 2. The van der Waals surface area contributed by atoms with Gasteiger partial charge >= 0.3 is 0 Å². The molecule has 0 saturated carbocycles. The van der Waals surface area contributed by atoms with E-state index in [4.69, 9.17) is 34.7 Å². The summed E-state index contributed by atoms with van der Waals surface area (Å²) in [5.74, 6) is 0.00509. The highest BCUT2D eigenvalue weighted by Gasteiger charge is 2.41. The van der Waals surface area contributed by atoms with Gasteiger partial charge in [0.15, 0.2) is 5.78 Å². The molecule has 0 radical (unpaired) electrons. The first-order chi connectivity index (χ1) is 28.3. The third-order valence-electron chi connectivity index (χ3n) is 11.8. The van der Waals surface area contributed by atoms with Gasteiger partial charge in [0.25, 0.3) is 0 Å². The van der Waals surface area contributed by atoms with E-state index in [9.17, 15) is 4.79 Å². The zero-order chi connectivity index (χ0) is 39.5. The molecule has 0 aliphatic carbocycles. The number of halogens is 2. The molecule has 9 nitrogen and oxygen atoms in total. The van der Waals surface area contributed by atoms with Crippen molar-refractivity contribution in [3.05, 3.63) is 176 Å². The van der Waals surface area contributed by atoms with Crippen molar-refractivity contribution in [2.75, 3.05) is 0 Å². The van der Waals surface area contributed by atoms with Crippen LogP contribution in [0.1, 0.15) is 68.7 Å². The molecular weight excluding hydrogens is 763 g/mol. The van der Waals surface area contributed by atoms with Crippen molar-refractivity contribution in [2.45, 2.75) is 50.1 Å². The number of ketones is 1. The van der Waals surface area contributed by atoms with Gasteiger partial charge in [-0.15, -0.1) is 0 Å². The van der Waals surface area contributed by atoms with Crippen molar-refractivity contribution in [1.29, 1.82) is 0 Å². The first-order valence-electron chi connectivity index (χ1n) is 19.5. The lowest BCUT2D eigenvalue weighted by Crippen LogP contribution is -2.32. The molecule has 11 heteroatoms. The number of nitrogens with two attached hydrogens (primary N) is 2. The van der Waals surface area contributed by atoms with E-state index in [0.29, 0.717) is 36.0 Å². The zero-order valence-corrected chi connectivity index (χ0v) is 32.9. The van der Waals surface area contributed by atoms with Crippen LogP contribution < -0.4 is 22.1 Å². The number of carbonyl (C=O) groups excluding carboxylic acids is 1. The molecule has 58 heavy (non-hydrogen) atoms. The molecule has 4 unspecified atom stereocenters. The van der Waals surface area contributed by atoms with E-state index in [-0.39, 0.29) is 17.9 Å². The predicted molar refractivity (Wildman–Crippen MR) is 231 cm³/mol. The second-order valence-corrected chi connectivity index (χ2v) is 16.2. The topological polar surface area (TPSA) is 151 Å². The fourth-order valence-electron chi connectivity index (χ4n) is 8.86. The highest BCUT2D eigenvalue weighted by Crippen LogP contribution is 2.45. The number of benzene rings is 4. The van der Waals surface area contributed by atoms with E-state index in [0.717, 1.165) is 88.8 Å². The Bertz CT molecular complexity index is 2660. The van der Waals surface area contributed by atoms with E-state index in [1.165, 1.54) is 0 Å². The van der Waals surface area contributed by atoms with Crippen molar-refractivity contribution < 1.29 is 4.79 Å². The molecule has 8 aromatic rings. The summed E-state index contributed by atoms with van der Waals surface area (Å²) in [4.78, 5) is 30.5. The van der Waals surface area contributed by atoms with E-state index < -0.39 is 12.1 Å². The van der Waals surface area contributed by atoms with Crippen LogP contribution in [0.15, 0.2) is 122 Å². The lowest BCUT2D eigenvalue weighted by molar-refractivity contribution is -0.123. The van der Waals surface area contributed by atoms with Crippen LogP contribution >= 0.6 is 23.2 Å². The van der Waals surface area contributed by atoms with Gasteiger partial charge in [0.2, 0.25) is 0 Å². The Morgan fingerprint density at radius 1 is 0.603 bits per heavy atom. The molecule has 4 aromatic heterocycles. The van der Waals surface area contributed by atoms with Crippen LogP contribution in [0.2, 0.25) is 10.0 Å². The molecule has 4 aromatic carbocycles. The number of pyridine rings is 2.